The van der Waals surface area contributed by atoms with Gasteiger partial charge in [-0.3, -0.25) is 0 Å². The SMILES string of the molecule is Cc1ccc(C(C)C)c(COC[C@H](O)CN2C[C@H](C)C[C@H](C)C2)c1. The van der Waals surface area contributed by atoms with Gasteiger partial charge in [0.15, 0.2) is 0 Å². The lowest BCUT2D eigenvalue weighted by molar-refractivity contribution is -0.00109. The normalized spacial score (nSPS) is 23.6. The summed E-state index contributed by atoms with van der Waals surface area (Å²) in [6, 6.07) is 6.56. The highest BCUT2D eigenvalue weighted by atomic mass is 16.5. The Kier molecular flexibility index (Phi) is 7.27. The van der Waals surface area contributed by atoms with Gasteiger partial charge in [-0.2, -0.15) is 0 Å². The van der Waals surface area contributed by atoms with Crippen molar-refractivity contribution in [2.45, 2.75) is 59.7 Å². The third kappa shape index (κ3) is 5.87. The minimum absolute atomic E-state index is 0.407. The number of nitrogens with zero attached hydrogens (tertiary/aromatic N) is 1. The van der Waals surface area contributed by atoms with Crippen molar-refractivity contribution in [1.29, 1.82) is 0 Å². The van der Waals surface area contributed by atoms with Crippen LogP contribution >= 0.6 is 0 Å². The number of hydrogen-bond donors (Lipinski definition) is 1. The molecule has 3 nitrogen and oxygen atoms in total. The van der Waals surface area contributed by atoms with Gasteiger partial charge < -0.3 is 14.7 Å². The Bertz CT molecular complexity index is 505. The summed E-state index contributed by atoms with van der Waals surface area (Å²) >= 11 is 0. The molecular formula is C21H35NO2. The molecule has 1 aromatic rings. The van der Waals surface area contributed by atoms with Gasteiger partial charge in [0.05, 0.1) is 19.3 Å². The predicted molar refractivity (Wildman–Crippen MR) is 100 cm³/mol. The second kappa shape index (κ2) is 8.98. The van der Waals surface area contributed by atoms with E-state index in [2.05, 4.69) is 57.7 Å². The summed E-state index contributed by atoms with van der Waals surface area (Å²) in [5, 5.41) is 10.3. The molecule has 0 unspecified atom stereocenters. The molecule has 3 heteroatoms. The zero-order chi connectivity index (χ0) is 17.7. The van der Waals surface area contributed by atoms with Crippen LogP contribution < -0.4 is 0 Å². The molecule has 0 aromatic heterocycles. The predicted octanol–water partition coefficient (Wildman–Crippen LogP) is 3.97. The highest BCUT2D eigenvalue weighted by Gasteiger charge is 2.23. The summed E-state index contributed by atoms with van der Waals surface area (Å²) in [5.74, 6) is 1.94. The molecule has 0 amide bonds. The molecule has 0 radical (unpaired) electrons. The third-order valence-corrected chi connectivity index (χ3v) is 4.90. The average Bonchev–Trinajstić information content (AvgIpc) is 2.45. The molecule has 2 rings (SSSR count). The fraction of sp³-hybridized carbons (Fsp3) is 0.714. The molecule has 1 N–H and O–H groups in total. The first-order valence-corrected chi connectivity index (χ1v) is 9.42. The Labute approximate surface area is 148 Å². The number of rotatable bonds is 7. The largest absolute Gasteiger partial charge is 0.389 e. The standard InChI is InChI=1S/C21H35NO2/c1-15(2)21-7-6-16(3)9-19(21)13-24-14-20(23)12-22-10-17(4)8-18(5)11-22/h6-7,9,15,17-18,20,23H,8,10-14H2,1-5H3/t17-,18+,20-/m1/s1. The fourth-order valence-electron chi connectivity index (χ4n) is 4.02. The van der Waals surface area contributed by atoms with Gasteiger partial charge in [-0.05, 0) is 42.2 Å². The van der Waals surface area contributed by atoms with E-state index < -0.39 is 6.10 Å². The van der Waals surface area contributed by atoms with Crippen molar-refractivity contribution in [3.8, 4) is 0 Å². The second-order valence-electron chi connectivity index (χ2n) is 8.19. The highest BCUT2D eigenvalue weighted by molar-refractivity contribution is 5.33. The summed E-state index contributed by atoms with van der Waals surface area (Å²) in [6.07, 6.45) is 0.892. The topological polar surface area (TPSA) is 32.7 Å². The van der Waals surface area contributed by atoms with Crippen LogP contribution in [0, 0.1) is 18.8 Å². The van der Waals surface area contributed by atoms with E-state index in [0.717, 1.165) is 31.5 Å². The molecule has 1 saturated heterocycles. The van der Waals surface area contributed by atoms with Crippen LogP contribution in [0.25, 0.3) is 0 Å². The van der Waals surface area contributed by atoms with Gasteiger partial charge in [-0.1, -0.05) is 51.5 Å². The Morgan fingerprint density at radius 1 is 1.21 bits per heavy atom. The van der Waals surface area contributed by atoms with Gasteiger partial charge in [0.2, 0.25) is 0 Å². The maximum Gasteiger partial charge on any atom is 0.0900 e. The molecule has 0 bridgehead atoms. The molecule has 136 valence electrons. The zero-order valence-electron chi connectivity index (χ0n) is 16.1. The van der Waals surface area contributed by atoms with Gasteiger partial charge in [-0.25, -0.2) is 0 Å². The zero-order valence-corrected chi connectivity index (χ0v) is 16.1. The van der Waals surface area contributed by atoms with Crippen molar-refractivity contribution < 1.29 is 9.84 Å². The molecule has 0 saturated carbocycles. The number of aryl methyl sites for hydroxylation is 1. The van der Waals surface area contributed by atoms with E-state index in [9.17, 15) is 5.11 Å². The van der Waals surface area contributed by atoms with Crippen LogP contribution in [-0.4, -0.2) is 42.4 Å². The quantitative estimate of drug-likeness (QED) is 0.819. The number of hydrogen-bond acceptors (Lipinski definition) is 3. The minimum Gasteiger partial charge on any atom is -0.389 e. The molecule has 24 heavy (non-hydrogen) atoms. The van der Waals surface area contributed by atoms with Crippen molar-refractivity contribution in [3.63, 3.8) is 0 Å². The minimum atomic E-state index is -0.408. The third-order valence-electron chi connectivity index (χ3n) is 4.90. The number of aliphatic hydroxyl groups is 1. The smallest absolute Gasteiger partial charge is 0.0900 e. The molecule has 0 aliphatic carbocycles. The molecular weight excluding hydrogens is 298 g/mol. The number of benzene rings is 1. The van der Waals surface area contributed by atoms with E-state index in [1.54, 1.807) is 0 Å². The summed E-state index contributed by atoms with van der Waals surface area (Å²) in [5.41, 5.74) is 3.85. The lowest BCUT2D eigenvalue weighted by atomic mass is 9.92. The Morgan fingerprint density at radius 3 is 2.50 bits per heavy atom. The first-order chi connectivity index (χ1) is 11.3. The van der Waals surface area contributed by atoms with Crippen LogP contribution in [0.1, 0.15) is 56.7 Å². The van der Waals surface area contributed by atoms with Gasteiger partial charge in [-0.15, -0.1) is 0 Å². The Balaban J connectivity index is 1.80. The van der Waals surface area contributed by atoms with E-state index in [0.29, 0.717) is 19.1 Å². The molecule has 1 fully saturated rings. The van der Waals surface area contributed by atoms with Gasteiger partial charge >= 0.3 is 0 Å². The van der Waals surface area contributed by atoms with E-state index in [-0.39, 0.29) is 0 Å². The summed E-state index contributed by atoms with van der Waals surface area (Å²) in [7, 11) is 0. The molecule has 3 atom stereocenters. The van der Waals surface area contributed by atoms with Gasteiger partial charge in [0, 0.05) is 19.6 Å². The van der Waals surface area contributed by atoms with Crippen molar-refractivity contribution >= 4 is 0 Å². The van der Waals surface area contributed by atoms with E-state index in [1.807, 2.05) is 0 Å². The molecule has 1 aliphatic rings. The van der Waals surface area contributed by atoms with Crippen molar-refractivity contribution in [1.82, 2.24) is 4.90 Å². The number of piperidine rings is 1. The summed E-state index contributed by atoms with van der Waals surface area (Å²) in [4.78, 5) is 2.39. The maximum atomic E-state index is 10.3. The lowest BCUT2D eigenvalue weighted by Crippen LogP contribution is -2.43. The van der Waals surface area contributed by atoms with Crippen LogP contribution in [0.4, 0.5) is 0 Å². The van der Waals surface area contributed by atoms with Crippen LogP contribution in [0.5, 0.6) is 0 Å². The van der Waals surface area contributed by atoms with Crippen LogP contribution in [0.15, 0.2) is 18.2 Å². The monoisotopic (exact) mass is 333 g/mol. The van der Waals surface area contributed by atoms with Crippen LogP contribution in [0.3, 0.4) is 0 Å². The highest BCUT2D eigenvalue weighted by Crippen LogP contribution is 2.22. The van der Waals surface area contributed by atoms with Crippen molar-refractivity contribution in [2.24, 2.45) is 11.8 Å². The number of likely N-dealkylation sites (tertiary alicyclic amines) is 1. The first-order valence-electron chi connectivity index (χ1n) is 9.42. The molecule has 0 spiro atoms. The molecule has 1 aromatic carbocycles. The number of aliphatic hydroxyl groups excluding tert-OH is 1. The van der Waals surface area contributed by atoms with Crippen LogP contribution in [0.2, 0.25) is 0 Å². The number of ether oxygens (including phenoxy) is 1. The summed E-state index contributed by atoms with van der Waals surface area (Å²) in [6.45, 7) is 15.0. The second-order valence-corrected chi connectivity index (χ2v) is 8.19. The lowest BCUT2D eigenvalue weighted by Gasteiger charge is -2.35. The van der Waals surface area contributed by atoms with Gasteiger partial charge in [0.25, 0.3) is 0 Å². The Hall–Kier alpha value is -0.900. The molecule has 1 aliphatic heterocycles. The van der Waals surface area contributed by atoms with E-state index in [1.165, 1.54) is 23.1 Å². The Morgan fingerprint density at radius 2 is 1.88 bits per heavy atom. The van der Waals surface area contributed by atoms with Crippen molar-refractivity contribution in [3.05, 3.63) is 34.9 Å². The molecule has 1 heterocycles. The number of β-amino-alcohol motifs (C(OH)–C–C–N with tert-alkyl or cyclic N) is 1. The van der Waals surface area contributed by atoms with E-state index >= 15 is 0 Å². The maximum absolute atomic E-state index is 10.3. The average molecular weight is 334 g/mol. The van der Waals surface area contributed by atoms with Gasteiger partial charge in [0.1, 0.15) is 0 Å². The van der Waals surface area contributed by atoms with E-state index in [4.69, 9.17) is 4.74 Å². The van der Waals surface area contributed by atoms with Crippen molar-refractivity contribution in [2.75, 3.05) is 26.2 Å². The first kappa shape index (κ1) is 19.4. The summed E-state index contributed by atoms with van der Waals surface area (Å²) < 4.78 is 5.85. The van der Waals surface area contributed by atoms with Crippen LogP contribution in [-0.2, 0) is 11.3 Å². The fourth-order valence-corrected chi connectivity index (χ4v) is 4.02.